The van der Waals surface area contributed by atoms with Crippen LogP contribution in [-0.2, 0) is 20.7 Å². The van der Waals surface area contributed by atoms with Crippen molar-refractivity contribution in [3.8, 4) is 10.7 Å². The topological polar surface area (TPSA) is 64.6 Å². The Morgan fingerprint density at radius 2 is 2.04 bits per heavy atom. The molecule has 25 heavy (non-hydrogen) atoms. The summed E-state index contributed by atoms with van der Waals surface area (Å²) in [6.07, 6.45) is 3.91. The Kier molecular flexibility index (Phi) is 5.05. The number of hydrogen-bond acceptors (Lipinski definition) is 6. The molecule has 1 amide bonds. The number of likely N-dealkylation sites (tertiary alicyclic amines) is 1. The molecule has 7 heteroatoms. The van der Waals surface area contributed by atoms with Crippen molar-refractivity contribution in [1.29, 1.82) is 0 Å². The number of hydrogen-bond donors (Lipinski definition) is 0. The SMILES string of the molecule is O=C(Cc1csc(-c2ccccn2)n1)N1CCC(C2OCCO2)CC1. The van der Waals surface area contributed by atoms with Crippen molar-refractivity contribution in [2.75, 3.05) is 26.3 Å². The average Bonchev–Trinajstić information content (AvgIpc) is 3.35. The van der Waals surface area contributed by atoms with E-state index in [-0.39, 0.29) is 12.2 Å². The van der Waals surface area contributed by atoms with Gasteiger partial charge in [-0.1, -0.05) is 6.07 Å². The fourth-order valence-corrected chi connectivity index (χ4v) is 4.13. The predicted molar refractivity (Wildman–Crippen MR) is 94.0 cm³/mol. The molecule has 0 N–H and O–H groups in total. The Balaban J connectivity index is 1.31. The molecule has 132 valence electrons. The highest BCUT2D eigenvalue weighted by atomic mass is 32.1. The quantitative estimate of drug-likeness (QED) is 0.838. The number of nitrogens with zero attached hydrogens (tertiary/aromatic N) is 3. The minimum Gasteiger partial charge on any atom is -0.350 e. The molecule has 0 unspecified atom stereocenters. The second-order valence-corrected chi connectivity index (χ2v) is 7.22. The first-order valence-electron chi connectivity index (χ1n) is 8.66. The summed E-state index contributed by atoms with van der Waals surface area (Å²) in [5.74, 6) is 0.547. The fraction of sp³-hybridized carbons (Fsp3) is 0.500. The van der Waals surface area contributed by atoms with Gasteiger partial charge in [0, 0.05) is 30.6 Å². The molecule has 6 nitrogen and oxygen atoms in total. The second-order valence-electron chi connectivity index (χ2n) is 6.36. The molecule has 2 fully saturated rings. The number of pyridine rings is 1. The van der Waals surface area contributed by atoms with E-state index in [9.17, 15) is 4.79 Å². The Morgan fingerprint density at radius 1 is 1.24 bits per heavy atom. The van der Waals surface area contributed by atoms with Gasteiger partial charge in [-0.25, -0.2) is 4.98 Å². The number of carbonyl (C=O) groups excluding carboxylic acids is 1. The van der Waals surface area contributed by atoms with E-state index in [4.69, 9.17) is 9.47 Å². The third kappa shape index (κ3) is 3.89. The molecular formula is C18H21N3O3S. The molecule has 2 aromatic heterocycles. The van der Waals surface area contributed by atoms with Gasteiger partial charge in [-0.05, 0) is 25.0 Å². The Labute approximate surface area is 150 Å². The summed E-state index contributed by atoms with van der Waals surface area (Å²) in [7, 11) is 0. The van der Waals surface area contributed by atoms with Gasteiger partial charge in [0.1, 0.15) is 5.01 Å². The first-order valence-corrected chi connectivity index (χ1v) is 9.54. The molecule has 4 rings (SSSR count). The highest BCUT2D eigenvalue weighted by Crippen LogP contribution is 2.26. The minimum atomic E-state index is -0.0725. The average molecular weight is 359 g/mol. The maximum Gasteiger partial charge on any atom is 0.228 e. The Hall–Kier alpha value is -1.83. The van der Waals surface area contributed by atoms with E-state index in [1.54, 1.807) is 6.20 Å². The fourth-order valence-electron chi connectivity index (χ4n) is 3.33. The minimum absolute atomic E-state index is 0.0725. The van der Waals surface area contributed by atoms with Gasteiger partial charge in [0.15, 0.2) is 6.29 Å². The Bertz CT molecular complexity index is 707. The lowest BCUT2D eigenvalue weighted by molar-refractivity contribution is -0.136. The molecular weight excluding hydrogens is 338 g/mol. The second kappa shape index (κ2) is 7.59. The molecule has 0 radical (unpaired) electrons. The normalized spacial score (nSPS) is 19.4. The van der Waals surface area contributed by atoms with Gasteiger partial charge in [0.05, 0.1) is 31.0 Å². The molecule has 0 bridgehead atoms. The van der Waals surface area contributed by atoms with Crippen molar-refractivity contribution in [3.63, 3.8) is 0 Å². The lowest BCUT2D eigenvalue weighted by atomic mass is 9.96. The van der Waals surface area contributed by atoms with Gasteiger partial charge in [-0.3, -0.25) is 9.78 Å². The van der Waals surface area contributed by atoms with E-state index in [0.717, 1.165) is 42.3 Å². The lowest BCUT2D eigenvalue weighted by Gasteiger charge is -2.33. The molecule has 2 aliphatic rings. The lowest BCUT2D eigenvalue weighted by Crippen LogP contribution is -2.42. The smallest absolute Gasteiger partial charge is 0.228 e. The number of amides is 1. The number of thiazole rings is 1. The first kappa shape index (κ1) is 16.6. The summed E-state index contributed by atoms with van der Waals surface area (Å²) in [5.41, 5.74) is 1.67. The summed E-state index contributed by atoms with van der Waals surface area (Å²) >= 11 is 1.53. The molecule has 0 aromatic carbocycles. The molecule has 0 aliphatic carbocycles. The number of piperidine rings is 1. The van der Waals surface area contributed by atoms with E-state index in [1.807, 2.05) is 28.5 Å². The molecule has 4 heterocycles. The number of ether oxygens (including phenoxy) is 2. The zero-order valence-electron chi connectivity index (χ0n) is 14.0. The number of aromatic nitrogens is 2. The summed E-state index contributed by atoms with van der Waals surface area (Å²) in [6, 6.07) is 5.76. The molecule has 2 aliphatic heterocycles. The van der Waals surface area contributed by atoms with Crippen LogP contribution in [-0.4, -0.2) is 53.4 Å². The van der Waals surface area contributed by atoms with Crippen LogP contribution in [0.5, 0.6) is 0 Å². The molecule has 2 aromatic rings. The third-order valence-corrected chi connectivity index (χ3v) is 5.61. The van der Waals surface area contributed by atoms with Crippen molar-refractivity contribution in [1.82, 2.24) is 14.9 Å². The van der Waals surface area contributed by atoms with Gasteiger partial charge in [-0.2, -0.15) is 0 Å². The van der Waals surface area contributed by atoms with Crippen molar-refractivity contribution < 1.29 is 14.3 Å². The van der Waals surface area contributed by atoms with Crippen LogP contribution in [0.1, 0.15) is 18.5 Å². The highest BCUT2D eigenvalue weighted by Gasteiger charge is 2.31. The van der Waals surface area contributed by atoms with Crippen LogP contribution in [0.25, 0.3) is 10.7 Å². The van der Waals surface area contributed by atoms with Gasteiger partial charge in [0.2, 0.25) is 5.91 Å². The highest BCUT2D eigenvalue weighted by molar-refractivity contribution is 7.13. The number of carbonyl (C=O) groups is 1. The third-order valence-electron chi connectivity index (χ3n) is 4.69. The molecule has 0 saturated carbocycles. The van der Waals surface area contributed by atoms with E-state index >= 15 is 0 Å². The van der Waals surface area contributed by atoms with Gasteiger partial charge in [0.25, 0.3) is 0 Å². The monoisotopic (exact) mass is 359 g/mol. The zero-order valence-corrected chi connectivity index (χ0v) is 14.8. The van der Waals surface area contributed by atoms with Gasteiger partial charge < -0.3 is 14.4 Å². The summed E-state index contributed by atoms with van der Waals surface area (Å²) in [4.78, 5) is 23.4. The van der Waals surface area contributed by atoms with Crippen molar-refractivity contribution in [3.05, 3.63) is 35.5 Å². The van der Waals surface area contributed by atoms with Gasteiger partial charge in [-0.15, -0.1) is 11.3 Å². The summed E-state index contributed by atoms with van der Waals surface area (Å²) < 4.78 is 11.2. The van der Waals surface area contributed by atoms with E-state index in [0.29, 0.717) is 25.6 Å². The van der Waals surface area contributed by atoms with Crippen LogP contribution in [0, 0.1) is 5.92 Å². The van der Waals surface area contributed by atoms with Crippen LogP contribution in [0.15, 0.2) is 29.8 Å². The van der Waals surface area contributed by atoms with Crippen LogP contribution < -0.4 is 0 Å². The van der Waals surface area contributed by atoms with Crippen LogP contribution in [0.3, 0.4) is 0 Å². The van der Waals surface area contributed by atoms with E-state index in [2.05, 4.69) is 9.97 Å². The van der Waals surface area contributed by atoms with E-state index in [1.165, 1.54) is 11.3 Å². The van der Waals surface area contributed by atoms with Crippen LogP contribution in [0.4, 0.5) is 0 Å². The first-order chi connectivity index (χ1) is 12.3. The standard InChI is InChI=1S/C18H21N3O3S/c22-16(21-7-4-13(5-8-21)18-23-9-10-24-18)11-14-12-25-17(20-14)15-3-1-2-6-19-15/h1-3,6,12-13,18H,4-5,7-11H2. The zero-order chi connectivity index (χ0) is 17.1. The molecule has 0 atom stereocenters. The maximum atomic E-state index is 12.6. The van der Waals surface area contributed by atoms with Crippen molar-refractivity contribution in [2.24, 2.45) is 5.92 Å². The summed E-state index contributed by atoms with van der Waals surface area (Å²) in [5, 5.41) is 2.81. The van der Waals surface area contributed by atoms with Crippen molar-refractivity contribution in [2.45, 2.75) is 25.6 Å². The predicted octanol–water partition coefficient (Wildman–Crippen LogP) is 2.36. The van der Waals surface area contributed by atoms with Crippen LogP contribution >= 0.6 is 11.3 Å². The molecule has 2 saturated heterocycles. The van der Waals surface area contributed by atoms with E-state index < -0.39 is 0 Å². The molecule has 0 spiro atoms. The van der Waals surface area contributed by atoms with Crippen LogP contribution in [0.2, 0.25) is 0 Å². The summed E-state index contributed by atoms with van der Waals surface area (Å²) in [6.45, 7) is 2.91. The maximum absolute atomic E-state index is 12.6. The number of rotatable bonds is 4. The van der Waals surface area contributed by atoms with Crippen molar-refractivity contribution >= 4 is 17.2 Å². The van der Waals surface area contributed by atoms with Gasteiger partial charge >= 0.3 is 0 Å². The Morgan fingerprint density at radius 3 is 2.76 bits per heavy atom. The largest absolute Gasteiger partial charge is 0.350 e.